The highest BCUT2D eigenvalue weighted by atomic mass is 14.4. The zero-order valence-electron chi connectivity index (χ0n) is 22.3. The van der Waals surface area contributed by atoms with Crippen LogP contribution in [0.4, 0.5) is 0 Å². The second kappa shape index (κ2) is 3.23. The molecule has 0 spiro atoms. The van der Waals surface area contributed by atoms with E-state index in [1.165, 1.54) is 12.1 Å². The van der Waals surface area contributed by atoms with Gasteiger partial charge in [-0.05, 0) is 72.3 Å². The van der Waals surface area contributed by atoms with Gasteiger partial charge in [-0.2, -0.15) is 0 Å². The van der Waals surface area contributed by atoms with Gasteiger partial charge in [0, 0.05) is 19.2 Å². The average Bonchev–Trinajstić information content (AvgIpc) is 2.60. The first-order valence-corrected chi connectivity index (χ1v) is 5.07. The van der Waals surface area contributed by atoms with Crippen molar-refractivity contribution in [2.75, 3.05) is 0 Å². The molecular formula is C16H18. The van der Waals surface area contributed by atoms with Crippen LogP contribution in [0.15, 0.2) is 18.2 Å². The molecule has 0 fully saturated rings. The lowest BCUT2D eigenvalue weighted by Crippen LogP contribution is -2.22. The fraction of sp³-hybridized carbons (Fsp3) is 0.500. The van der Waals surface area contributed by atoms with E-state index in [4.69, 9.17) is 19.2 Å². The smallest absolute Gasteiger partial charge is 0.0356 e. The van der Waals surface area contributed by atoms with Crippen LogP contribution in [0, 0.1) is 0 Å². The standard InChI is InChI=1S/C16H18/c1-3-11-7-9-13-5-2-6-14-10-8-12(4-1)15(11)16(13)14/h1,3,7,9,12,14H,2,4-6,8,10H2/i2D2,4D2,5D2,6D2,8D2,10D2,12D,14D. The summed E-state index contributed by atoms with van der Waals surface area (Å²) in [5, 5.41) is 0. The van der Waals surface area contributed by atoms with E-state index >= 15 is 0 Å². The number of hydrogen-bond acceptors (Lipinski definition) is 0. The summed E-state index contributed by atoms with van der Waals surface area (Å²) in [6.45, 7) is 0. The Balaban J connectivity index is 2.36. The number of rotatable bonds is 0. The third kappa shape index (κ3) is 1.10. The van der Waals surface area contributed by atoms with Crippen LogP contribution < -0.4 is 0 Å². The average molecular weight is 224 g/mol. The molecule has 0 radical (unpaired) electrons. The number of allylic oxidation sites excluding steroid dienone is 1. The van der Waals surface area contributed by atoms with Gasteiger partial charge in [0.2, 0.25) is 0 Å². The van der Waals surface area contributed by atoms with Crippen molar-refractivity contribution < 1.29 is 19.2 Å². The molecule has 0 saturated carbocycles. The molecule has 2 atom stereocenters. The van der Waals surface area contributed by atoms with Crippen molar-refractivity contribution in [1.82, 2.24) is 0 Å². The summed E-state index contributed by atoms with van der Waals surface area (Å²) < 4.78 is 118. The number of aryl methyl sites for hydroxylation is 1. The molecule has 0 aromatic heterocycles. The SMILES string of the molecule is [2H]C1([2H])C=Cc2ccc3c4c2C1([2H])C([2H])([2H])C([2H])([2H])C4([2H])C([2H])([2H])C([2H])([2H])C3([2H])[2H]. The summed E-state index contributed by atoms with van der Waals surface area (Å²) in [6, 6.07) is 2.34. The van der Waals surface area contributed by atoms with Gasteiger partial charge in [0.1, 0.15) is 0 Å². The predicted octanol–water partition coefficient (Wildman–Crippen LogP) is 4.40. The molecule has 1 aromatic rings. The second-order valence-corrected chi connectivity index (χ2v) is 3.81. The Hall–Kier alpha value is -1.04. The first-order chi connectivity index (χ1) is 13.2. The zero-order chi connectivity index (χ0) is 23.1. The highest BCUT2D eigenvalue weighted by Gasteiger charge is 2.33. The Bertz CT molecular complexity index is 1010. The van der Waals surface area contributed by atoms with Gasteiger partial charge in [0.05, 0.1) is 0 Å². The Kier molecular flexibility index (Phi) is 0.575. The Morgan fingerprint density at radius 2 is 2.06 bits per heavy atom. The van der Waals surface area contributed by atoms with Crippen LogP contribution in [0.2, 0.25) is 0 Å². The maximum Gasteiger partial charge on any atom is 0.0356 e. The van der Waals surface area contributed by atoms with Crippen molar-refractivity contribution in [2.45, 2.75) is 50.0 Å². The van der Waals surface area contributed by atoms with Crippen molar-refractivity contribution in [3.05, 3.63) is 40.5 Å². The molecule has 0 amide bonds. The van der Waals surface area contributed by atoms with Crippen molar-refractivity contribution in [3.63, 3.8) is 0 Å². The van der Waals surface area contributed by atoms with Gasteiger partial charge in [-0.15, -0.1) is 0 Å². The van der Waals surface area contributed by atoms with Gasteiger partial charge < -0.3 is 0 Å². The molecule has 4 rings (SSSR count). The summed E-state index contributed by atoms with van der Waals surface area (Å²) in [5.74, 6) is -6.27. The number of benzene rings is 1. The van der Waals surface area contributed by atoms with E-state index in [9.17, 15) is 0 Å². The Morgan fingerprint density at radius 1 is 1.12 bits per heavy atom. The van der Waals surface area contributed by atoms with Crippen LogP contribution in [0.25, 0.3) is 6.08 Å². The van der Waals surface area contributed by atoms with E-state index in [2.05, 4.69) is 0 Å². The molecule has 1 aromatic carbocycles. The van der Waals surface area contributed by atoms with Crippen LogP contribution in [-0.4, -0.2) is 0 Å². The van der Waals surface area contributed by atoms with Gasteiger partial charge in [0.15, 0.2) is 0 Å². The van der Waals surface area contributed by atoms with Gasteiger partial charge in [0.25, 0.3) is 0 Å². The van der Waals surface area contributed by atoms with Crippen LogP contribution in [0.1, 0.15) is 85.1 Å². The molecule has 0 N–H and O–H groups in total. The fourth-order valence-electron chi connectivity index (χ4n) is 2.22. The van der Waals surface area contributed by atoms with E-state index in [1.54, 1.807) is 0 Å². The lowest BCUT2D eigenvalue weighted by molar-refractivity contribution is 0.433. The van der Waals surface area contributed by atoms with Gasteiger partial charge >= 0.3 is 0 Å². The van der Waals surface area contributed by atoms with E-state index in [-0.39, 0.29) is 5.56 Å². The third-order valence-electron chi connectivity index (χ3n) is 2.93. The molecule has 16 heavy (non-hydrogen) atoms. The largest absolute Gasteiger partial charge is 0.0833 e. The van der Waals surface area contributed by atoms with Gasteiger partial charge in [-0.25, -0.2) is 0 Å². The minimum atomic E-state index is -3.60. The second-order valence-electron chi connectivity index (χ2n) is 3.81. The Morgan fingerprint density at radius 3 is 3.06 bits per heavy atom. The highest BCUT2D eigenvalue weighted by molar-refractivity contribution is 5.63. The van der Waals surface area contributed by atoms with Crippen LogP contribution >= 0.6 is 0 Å². The van der Waals surface area contributed by atoms with E-state index < -0.39 is 66.7 Å². The predicted molar refractivity (Wildman–Crippen MR) is 67.7 cm³/mol. The maximum absolute atomic E-state index is 8.91. The molecule has 0 bridgehead atoms. The third-order valence-corrected chi connectivity index (χ3v) is 2.93. The van der Waals surface area contributed by atoms with Gasteiger partial charge in [-0.1, -0.05) is 24.3 Å². The molecule has 2 unspecified atom stereocenters. The minimum Gasteiger partial charge on any atom is -0.0833 e. The summed E-state index contributed by atoms with van der Waals surface area (Å²) in [7, 11) is 0. The van der Waals surface area contributed by atoms with Crippen molar-refractivity contribution in [1.29, 1.82) is 0 Å². The number of hydrogen-bond donors (Lipinski definition) is 0. The van der Waals surface area contributed by atoms with Gasteiger partial charge in [-0.3, -0.25) is 0 Å². The molecule has 82 valence electrons. The highest BCUT2D eigenvalue weighted by Crippen LogP contribution is 2.49. The lowest BCUT2D eigenvalue weighted by Gasteiger charge is -2.38. The fourth-order valence-corrected chi connectivity index (χ4v) is 2.22. The minimum absolute atomic E-state index is 0.0453. The van der Waals surface area contributed by atoms with E-state index in [1.807, 2.05) is 0 Å². The molecule has 0 saturated heterocycles. The molecule has 3 aliphatic rings. The normalized spacial score (nSPS) is 71.0. The lowest BCUT2D eigenvalue weighted by atomic mass is 9.66. The van der Waals surface area contributed by atoms with Crippen LogP contribution in [0.3, 0.4) is 0 Å². The zero-order valence-corrected chi connectivity index (χ0v) is 8.31. The molecule has 0 heterocycles. The molecular weight excluding hydrogens is 192 g/mol. The first kappa shape index (κ1) is 2.85. The van der Waals surface area contributed by atoms with Crippen LogP contribution in [0.5, 0.6) is 0 Å². The molecule has 0 nitrogen and oxygen atoms in total. The maximum atomic E-state index is 8.91. The van der Waals surface area contributed by atoms with E-state index in [0.717, 1.165) is 12.1 Å². The Labute approximate surface area is 117 Å². The molecule has 0 aliphatic heterocycles. The summed E-state index contributed by atoms with van der Waals surface area (Å²) in [5.41, 5.74) is -1.72. The summed E-state index contributed by atoms with van der Waals surface area (Å²) >= 11 is 0. The van der Waals surface area contributed by atoms with Crippen molar-refractivity contribution in [3.8, 4) is 0 Å². The summed E-state index contributed by atoms with van der Waals surface area (Å²) in [4.78, 5) is 0. The van der Waals surface area contributed by atoms with Crippen molar-refractivity contribution >= 4 is 6.08 Å². The first-order valence-electron chi connectivity index (χ1n) is 12.1. The van der Waals surface area contributed by atoms with E-state index in [0.29, 0.717) is 0 Å². The quantitative estimate of drug-likeness (QED) is 0.612. The van der Waals surface area contributed by atoms with Crippen LogP contribution in [-0.2, 0) is 6.37 Å². The topological polar surface area (TPSA) is 0 Å². The molecule has 0 heteroatoms. The molecule has 3 aliphatic carbocycles. The summed E-state index contributed by atoms with van der Waals surface area (Å²) in [6.07, 6.45) is -17.8. The van der Waals surface area contributed by atoms with Crippen molar-refractivity contribution in [2.24, 2.45) is 0 Å². The monoisotopic (exact) mass is 224 g/mol.